The summed E-state index contributed by atoms with van der Waals surface area (Å²) in [5, 5.41) is 2.75. The highest BCUT2D eigenvalue weighted by atomic mass is 19.1. The van der Waals surface area contributed by atoms with Gasteiger partial charge in [0.1, 0.15) is 5.82 Å². The summed E-state index contributed by atoms with van der Waals surface area (Å²) in [7, 11) is 0. The minimum atomic E-state index is -0.569. The van der Waals surface area contributed by atoms with Crippen molar-refractivity contribution < 1.29 is 9.18 Å². The van der Waals surface area contributed by atoms with Crippen LogP contribution in [-0.4, -0.2) is 15.9 Å². The van der Waals surface area contributed by atoms with E-state index in [-0.39, 0.29) is 30.6 Å². The lowest BCUT2D eigenvalue weighted by atomic mass is 10.1. The fourth-order valence-electron chi connectivity index (χ4n) is 2.34. The molecule has 0 fully saturated rings. The van der Waals surface area contributed by atoms with Crippen LogP contribution in [0.15, 0.2) is 33.9 Å². The van der Waals surface area contributed by atoms with Gasteiger partial charge in [0.2, 0.25) is 5.91 Å². The largest absolute Gasteiger partial charge is 0.350 e. The molecule has 0 bridgehead atoms. The maximum atomic E-state index is 13.2. The summed E-state index contributed by atoms with van der Waals surface area (Å²) < 4.78 is 13.2. The van der Waals surface area contributed by atoms with Crippen molar-refractivity contribution in [1.29, 1.82) is 0 Å². The van der Waals surface area contributed by atoms with E-state index in [1.54, 1.807) is 26.0 Å². The summed E-state index contributed by atoms with van der Waals surface area (Å²) in [5.74, 6) is -0.620. The molecule has 2 rings (SSSR count). The maximum Gasteiger partial charge on any atom is 0.325 e. The molecule has 2 aromatic rings. The van der Waals surface area contributed by atoms with Gasteiger partial charge in [0, 0.05) is 17.7 Å². The van der Waals surface area contributed by atoms with Gasteiger partial charge in [-0.05, 0) is 38.0 Å². The van der Waals surface area contributed by atoms with Gasteiger partial charge in [-0.15, -0.1) is 0 Å². The molecule has 23 heavy (non-hydrogen) atoms. The van der Waals surface area contributed by atoms with Gasteiger partial charge >= 0.3 is 5.69 Å². The first-order chi connectivity index (χ1) is 10.9. The summed E-state index contributed by atoms with van der Waals surface area (Å²) in [6.07, 6.45) is 0.301. The number of H-pyrrole nitrogens is 2. The van der Waals surface area contributed by atoms with E-state index in [2.05, 4.69) is 15.3 Å². The second-order valence-corrected chi connectivity index (χ2v) is 5.36. The van der Waals surface area contributed by atoms with Crippen LogP contribution >= 0.6 is 0 Å². The number of hydrogen-bond donors (Lipinski definition) is 3. The zero-order valence-electron chi connectivity index (χ0n) is 12.9. The molecule has 0 aliphatic rings. The van der Waals surface area contributed by atoms with E-state index in [1.807, 2.05) is 0 Å². The predicted octanol–water partition coefficient (Wildman–Crippen LogP) is 1.32. The third kappa shape index (κ3) is 4.38. The molecular weight excluding hydrogens is 301 g/mol. The van der Waals surface area contributed by atoms with Crippen molar-refractivity contribution in [3.05, 3.63) is 67.7 Å². The average Bonchev–Trinajstić information content (AvgIpc) is 2.46. The van der Waals surface area contributed by atoms with Crippen LogP contribution in [0.25, 0.3) is 0 Å². The minimum Gasteiger partial charge on any atom is -0.350 e. The van der Waals surface area contributed by atoms with Gasteiger partial charge in [-0.2, -0.15) is 0 Å². The number of aryl methyl sites for hydroxylation is 1. The lowest BCUT2D eigenvalue weighted by molar-refractivity contribution is -0.121. The molecule has 6 nitrogen and oxygen atoms in total. The molecule has 1 atom stereocenters. The fraction of sp³-hybridized carbons (Fsp3) is 0.312. The zero-order chi connectivity index (χ0) is 17.0. The second-order valence-electron chi connectivity index (χ2n) is 5.36. The first-order valence-electron chi connectivity index (χ1n) is 7.23. The molecule has 1 amide bonds. The SMILES string of the molecule is Cc1[nH]c(=O)[nH]c(=O)c1CCC(=O)NC(C)c1cccc(F)c1. The summed E-state index contributed by atoms with van der Waals surface area (Å²) in [6.45, 7) is 3.37. The molecule has 1 heterocycles. The molecule has 0 saturated heterocycles. The topological polar surface area (TPSA) is 94.8 Å². The monoisotopic (exact) mass is 319 g/mol. The van der Waals surface area contributed by atoms with Crippen molar-refractivity contribution in [2.45, 2.75) is 32.7 Å². The highest BCUT2D eigenvalue weighted by Crippen LogP contribution is 2.13. The highest BCUT2D eigenvalue weighted by Gasteiger charge is 2.12. The molecule has 1 unspecified atom stereocenters. The van der Waals surface area contributed by atoms with E-state index in [1.165, 1.54) is 12.1 Å². The normalized spacial score (nSPS) is 12.0. The van der Waals surface area contributed by atoms with Crippen LogP contribution in [-0.2, 0) is 11.2 Å². The van der Waals surface area contributed by atoms with Crippen molar-refractivity contribution in [2.75, 3.05) is 0 Å². The van der Waals surface area contributed by atoms with Crippen LogP contribution in [0.2, 0.25) is 0 Å². The number of halogens is 1. The van der Waals surface area contributed by atoms with E-state index < -0.39 is 11.2 Å². The molecular formula is C16H18FN3O3. The standard InChI is InChI=1S/C16H18FN3O3/c1-9(11-4-3-5-12(17)8-11)18-14(21)7-6-13-10(2)19-16(23)20-15(13)22/h3-5,8-9H,6-7H2,1-2H3,(H,18,21)(H2,19,20,22,23). The Kier molecular flexibility index (Phi) is 5.10. The Morgan fingerprint density at radius 2 is 2.04 bits per heavy atom. The van der Waals surface area contributed by atoms with Crippen molar-refractivity contribution in [3.8, 4) is 0 Å². The predicted molar refractivity (Wildman–Crippen MR) is 83.7 cm³/mol. The number of amides is 1. The third-order valence-corrected chi connectivity index (χ3v) is 3.58. The van der Waals surface area contributed by atoms with Crippen LogP contribution in [0, 0.1) is 12.7 Å². The Labute approximate surface area is 131 Å². The van der Waals surface area contributed by atoms with E-state index in [0.717, 1.165) is 0 Å². The number of carbonyl (C=O) groups excluding carboxylic acids is 1. The molecule has 7 heteroatoms. The Morgan fingerprint density at radius 1 is 1.30 bits per heavy atom. The van der Waals surface area contributed by atoms with Crippen LogP contribution in [0.3, 0.4) is 0 Å². The number of hydrogen-bond acceptors (Lipinski definition) is 3. The number of aromatic amines is 2. The van der Waals surface area contributed by atoms with Gasteiger partial charge < -0.3 is 10.3 Å². The molecule has 122 valence electrons. The summed E-state index contributed by atoms with van der Waals surface area (Å²) in [4.78, 5) is 39.4. The van der Waals surface area contributed by atoms with Gasteiger partial charge in [-0.1, -0.05) is 12.1 Å². The average molecular weight is 319 g/mol. The third-order valence-electron chi connectivity index (χ3n) is 3.58. The summed E-state index contributed by atoms with van der Waals surface area (Å²) in [5.41, 5.74) is 0.428. The van der Waals surface area contributed by atoms with Gasteiger partial charge in [-0.3, -0.25) is 14.6 Å². The van der Waals surface area contributed by atoms with Crippen molar-refractivity contribution in [1.82, 2.24) is 15.3 Å². The highest BCUT2D eigenvalue weighted by molar-refractivity contribution is 5.76. The van der Waals surface area contributed by atoms with E-state index in [4.69, 9.17) is 0 Å². The first kappa shape index (κ1) is 16.7. The van der Waals surface area contributed by atoms with Gasteiger partial charge in [0.25, 0.3) is 5.56 Å². The number of aromatic nitrogens is 2. The van der Waals surface area contributed by atoms with Crippen molar-refractivity contribution in [3.63, 3.8) is 0 Å². The lowest BCUT2D eigenvalue weighted by Crippen LogP contribution is -2.30. The first-order valence-corrected chi connectivity index (χ1v) is 7.23. The molecule has 0 aliphatic heterocycles. The summed E-state index contributed by atoms with van der Waals surface area (Å²) in [6, 6.07) is 5.67. The maximum absolute atomic E-state index is 13.2. The zero-order valence-corrected chi connectivity index (χ0v) is 12.9. The molecule has 0 saturated carbocycles. The second kappa shape index (κ2) is 7.04. The van der Waals surface area contributed by atoms with E-state index in [0.29, 0.717) is 16.8 Å². The number of carbonyl (C=O) groups is 1. The Morgan fingerprint density at radius 3 is 2.70 bits per heavy atom. The van der Waals surface area contributed by atoms with Crippen molar-refractivity contribution in [2.24, 2.45) is 0 Å². The van der Waals surface area contributed by atoms with Gasteiger partial charge in [-0.25, -0.2) is 9.18 Å². The lowest BCUT2D eigenvalue weighted by Gasteiger charge is -2.14. The van der Waals surface area contributed by atoms with Crippen LogP contribution in [0.1, 0.15) is 36.2 Å². The fourth-order valence-corrected chi connectivity index (χ4v) is 2.34. The Bertz CT molecular complexity index is 826. The summed E-state index contributed by atoms with van der Waals surface area (Å²) >= 11 is 0. The quantitative estimate of drug-likeness (QED) is 0.775. The van der Waals surface area contributed by atoms with Gasteiger partial charge in [0.05, 0.1) is 6.04 Å². The van der Waals surface area contributed by atoms with E-state index >= 15 is 0 Å². The number of nitrogens with one attached hydrogen (secondary N) is 3. The van der Waals surface area contributed by atoms with Crippen LogP contribution < -0.4 is 16.6 Å². The van der Waals surface area contributed by atoms with Crippen LogP contribution in [0.5, 0.6) is 0 Å². The number of rotatable bonds is 5. The minimum absolute atomic E-state index is 0.0929. The van der Waals surface area contributed by atoms with Crippen molar-refractivity contribution >= 4 is 5.91 Å². The molecule has 0 aliphatic carbocycles. The molecule has 1 aromatic carbocycles. The molecule has 1 aromatic heterocycles. The smallest absolute Gasteiger partial charge is 0.325 e. The van der Waals surface area contributed by atoms with Crippen LogP contribution in [0.4, 0.5) is 4.39 Å². The Balaban J connectivity index is 1.98. The van der Waals surface area contributed by atoms with E-state index in [9.17, 15) is 18.8 Å². The van der Waals surface area contributed by atoms with Gasteiger partial charge in [0.15, 0.2) is 0 Å². The molecule has 0 spiro atoms. The Hall–Kier alpha value is -2.70. The molecule has 0 radical (unpaired) electrons. The number of benzene rings is 1. The molecule has 3 N–H and O–H groups in total.